The molecule has 1 aromatic heterocycles. The largest absolute Gasteiger partial charge is 0.326 e. The van der Waals surface area contributed by atoms with Gasteiger partial charge in [0.25, 0.3) is 10.0 Å². The van der Waals surface area contributed by atoms with E-state index in [0.29, 0.717) is 20.2 Å². The maximum Gasteiger partial charge on any atom is 0.279 e. The third-order valence-corrected chi connectivity index (χ3v) is 5.20. The summed E-state index contributed by atoms with van der Waals surface area (Å²) in [7, 11) is -3.78. The van der Waals surface area contributed by atoms with E-state index in [1.165, 1.54) is 6.20 Å². The molecular weight excluding hydrogens is 412 g/mol. The zero-order valence-corrected chi connectivity index (χ0v) is 14.4. The van der Waals surface area contributed by atoms with Gasteiger partial charge in [0.15, 0.2) is 5.03 Å². The van der Waals surface area contributed by atoms with Crippen molar-refractivity contribution in [3.63, 3.8) is 0 Å². The predicted molar refractivity (Wildman–Crippen MR) is 83.9 cm³/mol. The number of anilines is 1. The van der Waals surface area contributed by atoms with Gasteiger partial charge in [0.2, 0.25) is 0 Å². The second-order valence-corrected chi connectivity index (χ2v) is 7.47. The van der Waals surface area contributed by atoms with E-state index in [1.54, 1.807) is 0 Å². The Morgan fingerprint density at radius 1 is 1.35 bits per heavy atom. The first-order valence-electron chi connectivity index (χ1n) is 5.56. The molecule has 6 nitrogen and oxygen atoms in total. The first kappa shape index (κ1) is 15.5. The second kappa shape index (κ2) is 5.84. The summed E-state index contributed by atoms with van der Waals surface area (Å²) in [5, 5.41) is 6.14. The number of sulfonamides is 1. The summed E-state index contributed by atoms with van der Waals surface area (Å²) in [6.07, 6.45) is 1.40. The number of nitrogens with zero attached hydrogens (tertiary/aromatic N) is 1. The Morgan fingerprint density at radius 2 is 1.95 bits per heavy atom. The Bertz CT molecular complexity index is 720. The molecule has 0 radical (unpaired) electrons. The number of nitrogens with one attached hydrogen (secondary N) is 2. The van der Waals surface area contributed by atoms with Crippen LogP contribution < -0.4 is 10.5 Å². The van der Waals surface area contributed by atoms with Crippen molar-refractivity contribution in [3.05, 3.63) is 38.4 Å². The average molecular weight is 424 g/mol. The Kier molecular flexibility index (Phi) is 4.52. The van der Waals surface area contributed by atoms with Crippen molar-refractivity contribution in [2.24, 2.45) is 5.73 Å². The smallest absolute Gasteiger partial charge is 0.279 e. The molecule has 0 saturated heterocycles. The minimum atomic E-state index is -3.78. The molecule has 1 aromatic carbocycles. The number of rotatable bonds is 4. The molecule has 4 N–H and O–H groups in total. The van der Waals surface area contributed by atoms with Crippen LogP contribution in [0.2, 0.25) is 0 Å². The number of aromatic amines is 1. The molecule has 0 unspecified atom stereocenters. The van der Waals surface area contributed by atoms with Crippen LogP contribution in [0.15, 0.2) is 32.3 Å². The number of halogens is 2. The first-order valence-corrected chi connectivity index (χ1v) is 8.63. The molecule has 0 bridgehead atoms. The van der Waals surface area contributed by atoms with Gasteiger partial charge in [-0.1, -0.05) is 0 Å². The molecule has 0 aliphatic heterocycles. The van der Waals surface area contributed by atoms with Gasteiger partial charge in [-0.15, -0.1) is 0 Å². The second-order valence-electron chi connectivity index (χ2n) is 4.14. The third-order valence-electron chi connectivity index (χ3n) is 2.59. The van der Waals surface area contributed by atoms with Gasteiger partial charge in [0, 0.05) is 21.1 Å². The van der Waals surface area contributed by atoms with E-state index in [4.69, 9.17) is 5.73 Å². The molecule has 0 spiro atoms. The van der Waals surface area contributed by atoms with Gasteiger partial charge in [-0.25, -0.2) is 0 Å². The van der Waals surface area contributed by atoms with E-state index in [1.807, 2.05) is 19.1 Å². The Morgan fingerprint density at radius 3 is 2.50 bits per heavy atom. The Labute approximate surface area is 133 Å². The van der Waals surface area contributed by atoms with Crippen LogP contribution in [0.4, 0.5) is 5.69 Å². The molecule has 0 amide bonds. The molecular formula is C11H12Br2N4O2S. The van der Waals surface area contributed by atoms with Crippen molar-refractivity contribution in [3.8, 4) is 0 Å². The number of hydrogen-bond donors (Lipinski definition) is 3. The minimum Gasteiger partial charge on any atom is -0.326 e. The fourth-order valence-corrected chi connectivity index (χ4v) is 4.78. The summed E-state index contributed by atoms with van der Waals surface area (Å²) in [6.45, 7) is 2.00. The maximum absolute atomic E-state index is 12.4. The normalized spacial score (nSPS) is 11.6. The van der Waals surface area contributed by atoms with E-state index in [9.17, 15) is 8.42 Å². The van der Waals surface area contributed by atoms with Crippen LogP contribution in [0, 0.1) is 6.92 Å². The molecule has 1 heterocycles. The van der Waals surface area contributed by atoms with Crippen LogP contribution in [0.1, 0.15) is 11.1 Å². The van der Waals surface area contributed by atoms with Gasteiger partial charge in [0.1, 0.15) is 0 Å². The number of aryl methyl sites for hydroxylation is 1. The highest BCUT2D eigenvalue weighted by Gasteiger charge is 2.22. The quantitative estimate of drug-likeness (QED) is 0.703. The van der Waals surface area contributed by atoms with Gasteiger partial charge in [-0.3, -0.25) is 9.82 Å². The van der Waals surface area contributed by atoms with Crippen molar-refractivity contribution in [2.75, 3.05) is 4.72 Å². The van der Waals surface area contributed by atoms with E-state index in [0.717, 1.165) is 5.56 Å². The summed E-state index contributed by atoms with van der Waals surface area (Å²) < 4.78 is 28.5. The van der Waals surface area contributed by atoms with Gasteiger partial charge in [-0.05, 0) is 56.5 Å². The van der Waals surface area contributed by atoms with Crippen molar-refractivity contribution in [2.45, 2.75) is 18.5 Å². The van der Waals surface area contributed by atoms with Crippen molar-refractivity contribution in [1.29, 1.82) is 0 Å². The van der Waals surface area contributed by atoms with E-state index in [-0.39, 0.29) is 11.6 Å². The first-order chi connectivity index (χ1) is 9.35. The third kappa shape index (κ3) is 3.05. The highest BCUT2D eigenvalue weighted by molar-refractivity contribution is 9.11. The van der Waals surface area contributed by atoms with Crippen LogP contribution in [0.3, 0.4) is 0 Å². The lowest BCUT2D eigenvalue weighted by Crippen LogP contribution is -2.17. The average Bonchev–Trinajstić information content (AvgIpc) is 2.83. The SMILES string of the molecule is Cc1cc(Br)c(NS(=O)(=O)c2[nH]ncc2CN)c(Br)c1. The Balaban J connectivity index is 2.44. The van der Waals surface area contributed by atoms with Crippen molar-refractivity contribution < 1.29 is 8.42 Å². The number of benzene rings is 1. The van der Waals surface area contributed by atoms with Gasteiger partial charge < -0.3 is 5.73 Å². The standard InChI is InChI=1S/C11H12Br2N4O2S/c1-6-2-8(12)10(9(13)3-6)17-20(18,19)11-7(4-14)5-15-16-11/h2-3,5,17H,4,14H2,1H3,(H,15,16). The molecule has 0 atom stereocenters. The van der Waals surface area contributed by atoms with Crippen LogP contribution in [-0.4, -0.2) is 18.6 Å². The number of hydrogen-bond acceptors (Lipinski definition) is 4. The molecule has 20 heavy (non-hydrogen) atoms. The zero-order chi connectivity index (χ0) is 14.9. The van der Waals surface area contributed by atoms with Crippen molar-refractivity contribution >= 4 is 47.6 Å². The van der Waals surface area contributed by atoms with E-state index in [2.05, 4.69) is 46.8 Å². The molecule has 0 saturated carbocycles. The zero-order valence-electron chi connectivity index (χ0n) is 10.4. The summed E-state index contributed by atoms with van der Waals surface area (Å²) in [5.74, 6) is 0. The molecule has 2 aromatic rings. The van der Waals surface area contributed by atoms with Crippen LogP contribution in [0.25, 0.3) is 0 Å². The van der Waals surface area contributed by atoms with Gasteiger partial charge in [-0.2, -0.15) is 13.5 Å². The molecule has 2 rings (SSSR count). The minimum absolute atomic E-state index is 0.0284. The number of H-pyrrole nitrogens is 1. The van der Waals surface area contributed by atoms with Crippen LogP contribution in [0.5, 0.6) is 0 Å². The lowest BCUT2D eigenvalue weighted by atomic mass is 10.2. The highest BCUT2D eigenvalue weighted by atomic mass is 79.9. The summed E-state index contributed by atoms with van der Waals surface area (Å²) in [5.41, 5.74) is 7.34. The highest BCUT2D eigenvalue weighted by Crippen LogP contribution is 2.34. The Hall–Kier alpha value is -0.900. The number of nitrogens with two attached hydrogens (primary N) is 1. The lowest BCUT2D eigenvalue weighted by Gasteiger charge is -2.12. The maximum atomic E-state index is 12.4. The van der Waals surface area contributed by atoms with Crippen LogP contribution >= 0.6 is 31.9 Å². The molecule has 0 fully saturated rings. The molecule has 0 aliphatic rings. The summed E-state index contributed by atoms with van der Waals surface area (Å²) >= 11 is 6.68. The number of aromatic nitrogens is 2. The van der Waals surface area contributed by atoms with Gasteiger partial charge in [0.05, 0.1) is 11.9 Å². The summed E-state index contributed by atoms with van der Waals surface area (Å²) in [4.78, 5) is 0. The topological polar surface area (TPSA) is 101 Å². The van der Waals surface area contributed by atoms with Crippen LogP contribution in [-0.2, 0) is 16.6 Å². The van der Waals surface area contributed by atoms with Gasteiger partial charge >= 0.3 is 0 Å². The fourth-order valence-electron chi connectivity index (χ4n) is 1.66. The van der Waals surface area contributed by atoms with E-state index >= 15 is 0 Å². The monoisotopic (exact) mass is 422 g/mol. The van der Waals surface area contributed by atoms with E-state index < -0.39 is 10.0 Å². The molecule has 108 valence electrons. The fraction of sp³-hybridized carbons (Fsp3) is 0.182. The summed E-state index contributed by atoms with van der Waals surface area (Å²) in [6, 6.07) is 3.64. The molecule has 9 heteroatoms. The predicted octanol–water partition coefficient (Wildman–Crippen LogP) is 2.50. The lowest BCUT2D eigenvalue weighted by molar-refractivity contribution is 0.595. The van der Waals surface area contributed by atoms with Crippen molar-refractivity contribution in [1.82, 2.24) is 10.2 Å². The molecule has 0 aliphatic carbocycles.